The number of rotatable bonds is 22. The van der Waals surface area contributed by atoms with Crippen molar-refractivity contribution in [2.75, 3.05) is 47.0 Å². The molecule has 0 aliphatic rings. The van der Waals surface area contributed by atoms with Gasteiger partial charge in [0.05, 0.1) is 27.2 Å². The van der Waals surface area contributed by atoms with Crippen LogP contribution in [0, 0.1) is 0 Å². The maximum atomic E-state index is 6.32. The van der Waals surface area contributed by atoms with Crippen LogP contribution in [0.5, 0.6) is 0 Å². The fraction of sp³-hybridized carbons (Fsp3) is 1.00. The summed E-state index contributed by atoms with van der Waals surface area (Å²) >= 11 is 0. The van der Waals surface area contributed by atoms with Crippen molar-refractivity contribution in [1.29, 1.82) is 0 Å². The average Bonchev–Trinajstić information content (AvgIpc) is 2.69. The molecule has 0 aromatic rings. The Morgan fingerprint density at radius 3 is 1.45 bits per heavy atom. The van der Waals surface area contributed by atoms with Crippen LogP contribution in [0.3, 0.4) is 0 Å². The fourth-order valence-corrected chi connectivity index (χ4v) is 7.71. The zero-order valence-corrected chi connectivity index (χ0v) is 23.9. The topological polar surface area (TPSA) is 27.7 Å². The van der Waals surface area contributed by atoms with E-state index in [0.717, 1.165) is 17.4 Å². The zero-order chi connectivity index (χ0) is 22.7. The van der Waals surface area contributed by atoms with Crippen molar-refractivity contribution in [3.05, 3.63) is 0 Å². The van der Waals surface area contributed by atoms with Gasteiger partial charge in [-0.05, 0) is 33.6 Å². The molecule has 0 aliphatic carbocycles. The number of halogens is 1. The van der Waals surface area contributed by atoms with Gasteiger partial charge in [-0.15, -0.1) is 0 Å². The third-order valence-corrected chi connectivity index (χ3v) is 9.76. The predicted molar refractivity (Wildman–Crippen MR) is 133 cm³/mol. The van der Waals surface area contributed by atoms with Gasteiger partial charge in [0.15, 0.2) is 0 Å². The van der Waals surface area contributed by atoms with E-state index in [9.17, 15) is 0 Å². The van der Waals surface area contributed by atoms with Crippen molar-refractivity contribution in [2.24, 2.45) is 0 Å². The molecule has 0 aromatic carbocycles. The molecule has 190 valence electrons. The molecule has 1 atom stereocenters. The second-order valence-electron chi connectivity index (χ2n) is 9.39. The van der Waals surface area contributed by atoms with Gasteiger partial charge in [-0.25, -0.2) is 0 Å². The minimum atomic E-state index is -2.65. The van der Waals surface area contributed by atoms with E-state index in [1.807, 2.05) is 0 Å². The van der Waals surface area contributed by atoms with Gasteiger partial charge in [-0.2, -0.15) is 0 Å². The van der Waals surface area contributed by atoms with Crippen LogP contribution < -0.4 is 12.4 Å². The third kappa shape index (κ3) is 15.8. The highest BCUT2D eigenvalue weighted by atomic mass is 35.5. The molecule has 0 heterocycles. The summed E-state index contributed by atoms with van der Waals surface area (Å²) < 4.78 is 20.0. The highest BCUT2D eigenvalue weighted by Gasteiger charge is 2.49. The summed E-state index contributed by atoms with van der Waals surface area (Å²) in [4.78, 5) is 0. The van der Waals surface area contributed by atoms with E-state index in [4.69, 9.17) is 13.3 Å². The summed E-state index contributed by atoms with van der Waals surface area (Å²) in [6.45, 7) is 15.2. The third-order valence-electron chi connectivity index (χ3n) is 6.10. The molecular formula is C25H56ClNO3Si. The Morgan fingerprint density at radius 1 is 0.581 bits per heavy atom. The van der Waals surface area contributed by atoms with Crippen molar-refractivity contribution in [2.45, 2.75) is 117 Å². The smallest absolute Gasteiger partial charge is 0.504 e. The summed E-state index contributed by atoms with van der Waals surface area (Å²) in [5, 5.41) is 0. The van der Waals surface area contributed by atoms with Crippen molar-refractivity contribution in [3.63, 3.8) is 0 Å². The predicted octanol–water partition coefficient (Wildman–Crippen LogP) is 4.21. The van der Waals surface area contributed by atoms with Crippen LogP contribution in [0.1, 0.15) is 112 Å². The lowest BCUT2D eigenvalue weighted by molar-refractivity contribution is -0.890. The normalized spacial score (nSPS) is 13.3. The van der Waals surface area contributed by atoms with E-state index < -0.39 is 8.80 Å². The molecule has 1 unspecified atom stereocenters. The Kier molecular flexibility index (Phi) is 22.6. The molecule has 0 spiro atoms. The fourth-order valence-electron chi connectivity index (χ4n) is 4.50. The largest absolute Gasteiger partial charge is 1.00 e. The summed E-state index contributed by atoms with van der Waals surface area (Å²) in [6.07, 6.45) is 15.8. The summed E-state index contributed by atoms with van der Waals surface area (Å²) in [5.41, 5.74) is 0.413. The Hall–Kier alpha value is 0.347. The van der Waals surface area contributed by atoms with Crippen molar-refractivity contribution in [1.82, 2.24) is 0 Å². The van der Waals surface area contributed by atoms with Crippen LogP contribution >= 0.6 is 0 Å². The van der Waals surface area contributed by atoms with Gasteiger partial charge < -0.3 is 30.2 Å². The standard InChI is InChI=1S/C25H56NO3Si.ClH/c1-8-13-14-15-16-17-18-19-20-21-25(22-24-26(6,7)23-9-2)30(27-10-3,28-11-4)29-12-5;/h25H,8-24H2,1-7H3;1H/q+1;/p-1. The quantitative estimate of drug-likeness (QED) is 0.132. The van der Waals surface area contributed by atoms with Gasteiger partial charge in [0.25, 0.3) is 0 Å². The molecule has 0 amide bonds. The van der Waals surface area contributed by atoms with Gasteiger partial charge in [-0.1, -0.05) is 71.6 Å². The van der Waals surface area contributed by atoms with E-state index in [1.165, 1.54) is 77.2 Å². The number of hydrogen-bond donors (Lipinski definition) is 0. The van der Waals surface area contributed by atoms with Crippen molar-refractivity contribution in [3.8, 4) is 0 Å². The minimum absolute atomic E-state index is 0. The molecule has 0 saturated carbocycles. The lowest BCUT2D eigenvalue weighted by Crippen LogP contribution is -3.00. The lowest BCUT2D eigenvalue weighted by Gasteiger charge is -2.37. The molecule has 6 heteroatoms. The first kappa shape index (κ1) is 33.5. The van der Waals surface area contributed by atoms with Crippen LogP contribution in [0.2, 0.25) is 5.54 Å². The van der Waals surface area contributed by atoms with Crippen LogP contribution in [-0.2, 0) is 13.3 Å². The molecule has 0 bridgehead atoms. The van der Waals surface area contributed by atoms with E-state index >= 15 is 0 Å². The molecule has 0 aromatic heterocycles. The minimum Gasteiger partial charge on any atom is -1.00 e. The molecule has 0 N–H and O–H groups in total. The van der Waals surface area contributed by atoms with Crippen LogP contribution in [0.4, 0.5) is 0 Å². The maximum absolute atomic E-state index is 6.32. The molecule has 31 heavy (non-hydrogen) atoms. The lowest BCUT2D eigenvalue weighted by atomic mass is 10.0. The monoisotopic (exact) mass is 481 g/mol. The number of unbranched alkanes of at least 4 members (excludes halogenated alkanes) is 8. The van der Waals surface area contributed by atoms with E-state index in [-0.39, 0.29) is 12.4 Å². The molecule has 0 radical (unpaired) electrons. The van der Waals surface area contributed by atoms with Crippen molar-refractivity contribution >= 4 is 8.80 Å². The molecule has 0 saturated heterocycles. The van der Waals surface area contributed by atoms with Gasteiger partial charge >= 0.3 is 8.80 Å². The van der Waals surface area contributed by atoms with E-state index in [0.29, 0.717) is 25.4 Å². The maximum Gasteiger partial charge on any atom is 0.504 e. The highest BCUT2D eigenvalue weighted by molar-refractivity contribution is 6.62. The summed E-state index contributed by atoms with van der Waals surface area (Å²) in [5.74, 6) is 0. The molecule has 0 rings (SSSR count). The Balaban J connectivity index is 0. The molecule has 4 nitrogen and oxygen atoms in total. The SMILES string of the molecule is CCCCCCCCCCCC(CC[N+](C)(C)CCC)[Si](OCC)(OCC)OCC.[Cl-]. The zero-order valence-electron chi connectivity index (χ0n) is 22.1. The first-order valence-corrected chi connectivity index (χ1v) is 14.9. The van der Waals surface area contributed by atoms with E-state index in [1.54, 1.807) is 0 Å². The average molecular weight is 482 g/mol. The summed E-state index contributed by atoms with van der Waals surface area (Å²) in [7, 11) is 2.06. The summed E-state index contributed by atoms with van der Waals surface area (Å²) in [6, 6.07) is 0. The Bertz CT molecular complexity index is 369. The first-order valence-electron chi connectivity index (χ1n) is 13.1. The van der Waals surface area contributed by atoms with Gasteiger partial charge in [0.1, 0.15) is 0 Å². The van der Waals surface area contributed by atoms with Crippen LogP contribution in [-0.4, -0.2) is 60.3 Å². The molecular weight excluding hydrogens is 426 g/mol. The number of nitrogens with zero attached hydrogens (tertiary/aromatic N) is 1. The first-order chi connectivity index (χ1) is 14.4. The number of hydrogen-bond acceptors (Lipinski definition) is 3. The van der Waals surface area contributed by atoms with Gasteiger partial charge in [0.2, 0.25) is 0 Å². The molecule has 0 fully saturated rings. The Morgan fingerprint density at radius 2 is 1.03 bits per heavy atom. The van der Waals surface area contributed by atoms with Gasteiger partial charge in [-0.3, -0.25) is 0 Å². The second kappa shape index (κ2) is 20.9. The molecule has 0 aliphatic heterocycles. The van der Waals surface area contributed by atoms with Crippen LogP contribution in [0.25, 0.3) is 0 Å². The van der Waals surface area contributed by atoms with Crippen LogP contribution in [0.15, 0.2) is 0 Å². The van der Waals surface area contributed by atoms with E-state index in [2.05, 4.69) is 48.7 Å². The second-order valence-corrected chi connectivity index (χ2v) is 12.3. The van der Waals surface area contributed by atoms with Gasteiger partial charge in [0, 0.05) is 31.8 Å². The number of quaternary nitrogens is 1. The highest BCUT2D eigenvalue weighted by Crippen LogP contribution is 2.35. The van der Waals surface area contributed by atoms with Crippen molar-refractivity contribution < 1.29 is 30.2 Å². The Labute approximate surface area is 203 Å².